The minimum absolute atomic E-state index is 0.234. The van der Waals surface area contributed by atoms with Crippen LogP contribution in [0.5, 0.6) is 0 Å². The smallest absolute Gasteiger partial charge is 0.254 e. The number of aromatic nitrogens is 4. The van der Waals surface area contributed by atoms with Gasteiger partial charge in [0.1, 0.15) is 11.6 Å². The van der Waals surface area contributed by atoms with Gasteiger partial charge in [-0.05, 0) is 30.7 Å². The summed E-state index contributed by atoms with van der Waals surface area (Å²) in [6, 6.07) is 15.3. The Bertz CT molecular complexity index is 1150. The number of nitrogens with zero attached hydrogens (tertiary/aromatic N) is 3. The first-order chi connectivity index (χ1) is 14.6. The number of benzene rings is 1. The molecule has 4 rings (SSSR count). The molecule has 0 saturated carbocycles. The number of H-pyrrole nitrogens is 1. The molecule has 30 heavy (non-hydrogen) atoms. The number of nitrogens with one attached hydrogen (secondary N) is 4. The summed E-state index contributed by atoms with van der Waals surface area (Å²) in [6.45, 7) is 1.98. The Morgan fingerprint density at radius 1 is 0.933 bits per heavy atom. The summed E-state index contributed by atoms with van der Waals surface area (Å²) in [5.41, 5.74) is 4.64. The molecule has 4 N–H and O–H groups in total. The summed E-state index contributed by atoms with van der Waals surface area (Å²) >= 11 is 0. The number of pyridine rings is 2. The normalized spacial score (nSPS) is 10.5. The van der Waals surface area contributed by atoms with Crippen LogP contribution in [0.2, 0.25) is 0 Å². The molecule has 4 aromatic rings. The fourth-order valence-electron chi connectivity index (χ4n) is 2.99. The number of carbonyl (C=O) groups is 1. The van der Waals surface area contributed by atoms with Gasteiger partial charge in [-0.3, -0.25) is 9.89 Å². The van der Waals surface area contributed by atoms with Gasteiger partial charge in [0.05, 0.1) is 16.9 Å². The first-order valence-electron chi connectivity index (χ1n) is 9.42. The van der Waals surface area contributed by atoms with Crippen molar-refractivity contribution in [3.63, 3.8) is 0 Å². The zero-order valence-corrected chi connectivity index (χ0v) is 16.6. The second kappa shape index (κ2) is 8.44. The highest BCUT2D eigenvalue weighted by molar-refractivity contribution is 6.01. The van der Waals surface area contributed by atoms with E-state index in [1.165, 1.54) is 6.20 Å². The molecule has 0 radical (unpaired) electrons. The molecule has 0 aliphatic heterocycles. The van der Waals surface area contributed by atoms with Gasteiger partial charge in [0.25, 0.3) is 5.91 Å². The fourth-order valence-corrected chi connectivity index (χ4v) is 2.99. The van der Waals surface area contributed by atoms with Crippen LogP contribution in [0.3, 0.4) is 0 Å². The van der Waals surface area contributed by atoms with E-state index in [2.05, 4.69) is 36.1 Å². The van der Waals surface area contributed by atoms with E-state index in [1.54, 1.807) is 25.5 Å². The van der Waals surface area contributed by atoms with Gasteiger partial charge in [0.15, 0.2) is 0 Å². The van der Waals surface area contributed by atoms with E-state index < -0.39 is 0 Å². The molecule has 1 aromatic carbocycles. The molecule has 150 valence electrons. The van der Waals surface area contributed by atoms with Gasteiger partial charge in [-0.1, -0.05) is 24.3 Å². The quantitative estimate of drug-likeness (QED) is 0.390. The Kier molecular flexibility index (Phi) is 5.38. The van der Waals surface area contributed by atoms with E-state index in [0.29, 0.717) is 22.9 Å². The number of hydrogen-bond donors (Lipinski definition) is 4. The molecule has 8 heteroatoms. The summed E-state index contributed by atoms with van der Waals surface area (Å²) in [5, 5.41) is 16.3. The van der Waals surface area contributed by atoms with Crippen LogP contribution in [0, 0.1) is 6.92 Å². The van der Waals surface area contributed by atoms with Crippen LogP contribution >= 0.6 is 0 Å². The van der Waals surface area contributed by atoms with E-state index in [4.69, 9.17) is 0 Å². The lowest BCUT2D eigenvalue weighted by Gasteiger charge is -2.15. The van der Waals surface area contributed by atoms with Crippen molar-refractivity contribution < 1.29 is 4.79 Å². The molecule has 0 aliphatic carbocycles. The van der Waals surface area contributed by atoms with Crippen molar-refractivity contribution >= 4 is 28.9 Å². The average Bonchev–Trinajstić information content (AvgIpc) is 3.30. The molecular weight excluding hydrogens is 378 g/mol. The van der Waals surface area contributed by atoms with Gasteiger partial charge in [0.2, 0.25) is 0 Å². The zero-order chi connectivity index (χ0) is 20.9. The number of amides is 1. The molecule has 0 saturated heterocycles. The number of hydrogen-bond acceptors (Lipinski definition) is 6. The largest absolute Gasteiger partial charge is 0.355 e. The number of anilines is 4. The minimum Gasteiger partial charge on any atom is -0.355 e. The van der Waals surface area contributed by atoms with Gasteiger partial charge >= 0.3 is 0 Å². The van der Waals surface area contributed by atoms with Crippen LogP contribution in [0.4, 0.5) is 23.0 Å². The van der Waals surface area contributed by atoms with Crippen molar-refractivity contribution in [3.05, 3.63) is 78.2 Å². The van der Waals surface area contributed by atoms with Crippen LogP contribution in [-0.2, 0) is 0 Å². The summed E-state index contributed by atoms with van der Waals surface area (Å²) < 4.78 is 0. The van der Waals surface area contributed by atoms with Crippen molar-refractivity contribution in [2.45, 2.75) is 6.92 Å². The molecule has 3 heterocycles. The van der Waals surface area contributed by atoms with E-state index in [-0.39, 0.29) is 5.91 Å². The van der Waals surface area contributed by atoms with Crippen LogP contribution in [0.1, 0.15) is 15.9 Å². The van der Waals surface area contributed by atoms with E-state index in [0.717, 1.165) is 22.5 Å². The maximum atomic E-state index is 12.4. The third kappa shape index (κ3) is 4.12. The Morgan fingerprint density at radius 2 is 1.77 bits per heavy atom. The lowest BCUT2D eigenvalue weighted by molar-refractivity contribution is 0.0963. The zero-order valence-electron chi connectivity index (χ0n) is 16.6. The van der Waals surface area contributed by atoms with Crippen LogP contribution < -0.4 is 16.0 Å². The van der Waals surface area contributed by atoms with Gasteiger partial charge in [-0.15, -0.1) is 0 Å². The molecular formula is C22H21N7O. The number of para-hydroxylation sites is 1. The topological polar surface area (TPSA) is 108 Å². The summed E-state index contributed by atoms with van der Waals surface area (Å²) in [4.78, 5) is 21.1. The Labute approximate surface area is 173 Å². The second-order valence-corrected chi connectivity index (χ2v) is 6.67. The summed E-state index contributed by atoms with van der Waals surface area (Å²) in [6.07, 6.45) is 5.08. The van der Waals surface area contributed by atoms with E-state index >= 15 is 0 Å². The van der Waals surface area contributed by atoms with Crippen LogP contribution in [0.15, 0.2) is 67.1 Å². The van der Waals surface area contributed by atoms with Crippen molar-refractivity contribution in [2.24, 2.45) is 0 Å². The fraction of sp³-hybridized carbons (Fsp3) is 0.0909. The second-order valence-electron chi connectivity index (χ2n) is 6.67. The lowest BCUT2D eigenvalue weighted by atomic mass is 10.1. The highest BCUT2D eigenvalue weighted by Gasteiger charge is 2.15. The number of carbonyl (C=O) groups excluding carboxylic acids is 1. The van der Waals surface area contributed by atoms with Gasteiger partial charge in [-0.25, -0.2) is 9.97 Å². The molecule has 0 spiro atoms. The van der Waals surface area contributed by atoms with Crippen molar-refractivity contribution in [2.75, 3.05) is 17.7 Å². The highest BCUT2D eigenvalue weighted by atomic mass is 16.1. The summed E-state index contributed by atoms with van der Waals surface area (Å²) in [7, 11) is 1.59. The van der Waals surface area contributed by atoms with E-state index in [1.807, 2.05) is 49.4 Å². The van der Waals surface area contributed by atoms with Gasteiger partial charge in [0, 0.05) is 43.0 Å². The Hall–Kier alpha value is -4.20. The summed E-state index contributed by atoms with van der Waals surface area (Å²) in [5.74, 6) is 1.00. The maximum Gasteiger partial charge on any atom is 0.254 e. The maximum absolute atomic E-state index is 12.4. The molecule has 0 atom stereocenters. The van der Waals surface area contributed by atoms with Gasteiger partial charge < -0.3 is 16.0 Å². The predicted molar refractivity (Wildman–Crippen MR) is 117 cm³/mol. The average molecular weight is 399 g/mol. The number of aryl methyl sites for hydroxylation is 1. The van der Waals surface area contributed by atoms with Gasteiger partial charge in [-0.2, -0.15) is 5.10 Å². The number of aromatic amines is 1. The molecule has 0 aliphatic rings. The molecule has 8 nitrogen and oxygen atoms in total. The molecule has 0 bridgehead atoms. The van der Waals surface area contributed by atoms with E-state index in [9.17, 15) is 4.79 Å². The third-order valence-corrected chi connectivity index (χ3v) is 4.52. The van der Waals surface area contributed by atoms with Crippen molar-refractivity contribution in [1.82, 2.24) is 25.5 Å². The first-order valence-corrected chi connectivity index (χ1v) is 9.42. The molecule has 3 aromatic heterocycles. The Balaban J connectivity index is 1.70. The molecule has 0 unspecified atom stereocenters. The SMILES string of the molecule is CNC(=O)c1cnc(Nc2ccc(C)cn2)cc1Nc1ccccc1-c1cc[nH]n1. The van der Waals surface area contributed by atoms with Crippen LogP contribution in [0.25, 0.3) is 11.3 Å². The van der Waals surface area contributed by atoms with Crippen molar-refractivity contribution in [3.8, 4) is 11.3 Å². The van der Waals surface area contributed by atoms with Crippen LogP contribution in [-0.4, -0.2) is 33.1 Å². The molecule has 0 fully saturated rings. The standard InChI is InChI=1S/C22H21N7O/c1-14-7-8-20(24-12-14)28-21-11-19(16(13-25-21)22(30)23-2)27-17-6-4-3-5-15(17)18-9-10-26-29-18/h3-13H,1-2H3,(H,23,30)(H,26,29)(H2,24,25,27,28). The molecule has 1 amide bonds. The third-order valence-electron chi connectivity index (χ3n) is 4.52. The highest BCUT2D eigenvalue weighted by Crippen LogP contribution is 2.31. The predicted octanol–water partition coefficient (Wildman–Crippen LogP) is 4.02. The monoisotopic (exact) mass is 399 g/mol. The number of rotatable bonds is 6. The van der Waals surface area contributed by atoms with Crippen molar-refractivity contribution in [1.29, 1.82) is 0 Å². The minimum atomic E-state index is -0.234. The Morgan fingerprint density at radius 3 is 2.50 bits per heavy atom. The lowest BCUT2D eigenvalue weighted by Crippen LogP contribution is -2.19. The first kappa shape index (κ1) is 19.1.